The van der Waals surface area contributed by atoms with Crippen molar-refractivity contribution < 1.29 is 18.9 Å². The van der Waals surface area contributed by atoms with E-state index >= 15 is 0 Å². The smallest absolute Gasteiger partial charge is 0.278 e. The Hall–Kier alpha value is -3.29. The van der Waals surface area contributed by atoms with Gasteiger partial charge in [0.25, 0.3) is 11.6 Å². The van der Waals surface area contributed by atoms with Gasteiger partial charge in [0.1, 0.15) is 5.82 Å². The molecular formula is C17H16FN3O4. The standard InChI is InChI=1S/C17H16FN3O4/c1-11-7-8-14(9-15(11)18)20-17(22)12(2)25-19-10-13-5-3-4-6-16(13)21(23)24/h3-10,12H,1-2H3,(H,20,22)/b19-10+. The van der Waals surface area contributed by atoms with Gasteiger partial charge in [-0.3, -0.25) is 14.9 Å². The SMILES string of the molecule is Cc1ccc(NC(=O)C(C)O/N=C/c2ccccc2[N+](=O)[O-])cc1F. The van der Waals surface area contributed by atoms with Crippen molar-refractivity contribution in [1.82, 2.24) is 0 Å². The summed E-state index contributed by atoms with van der Waals surface area (Å²) in [4.78, 5) is 27.3. The lowest BCUT2D eigenvalue weighted by Crippen LogP contribution is -2.26. The molecule has 0 aromatic heterocycles. The van der Waals surface area contributed by atoms with E-state index in [0.717, 1.165) is 6.21 Å². The molecule has 1 N–H and O–H groups in total. The molecule has 0 bridgehead atoms. The monoisotopic (exact) mass is 345 g/mol. The van der Waals surface area contributed by atoms with E-state index in [2.05, 4.69) is 10.5 Å². The highest BCUT2D eigenvalue weighted by Gasteiger charge is 2.15. The summed E-state index contributed by atoms with van der Waals surface area (Å²) in [5, 5.41) is 17.0. The second-order valence-electron chi connectivity index (χ2n) is 5.25. The first-order chi connectivity index (χ1) is 11.9. The number of carbonyl (C=O) groups excluding carboxylic acids is 1. The lowest BCUT2D eigenvalue weighted by Gasteiger charge is -2.11. The van der Waals surface area contributed by atoms with Gasteiger partial charge in [0.2, 0.25) is 6.10 Å². The fourth-order valence-electron chi connectivity index (χ4n) is 1.90. The van der Waals surface area contributed by atoms with Gasteiger partial charge >= 0.3 is 0 Å². The Morgan fingerprint density at radius 3 is 2.76 bits per heavy atom. The first-order valence-corrected chi connectivity index (χ1v) is 7.38. The van der Waals surface area contributed by atoms with Crippen LogP contribution in [0.3, 0.4) is 0 Å². The zero-order chi connectivity index (χ0) is 18.4. The largest absolute Gasteiger partial charge is 0.383 e. The number of anilines is 1. The molecule has 25 heavy (non-hydrogen) atoms. The molecule has 2 aromatic rings. The van der Waals surface area contributed by atoms with Gasteiger partial charge in [-0.25, -0.2) is 4.39 Å². The molecule has 0 heterocycles. The van der Waals surface area contributed by atoms with Crippen molar-refractivity contribution in [3.63, 3.8) is 0 Å². The molecule has 0 aliphatic rings. The molecule has 0 saturated carbocycles. The van der Waals surface area contributed by atoms with Gasteiger partial charge < -0.3 is 10.2 Å². The Balaban J connectivity index is 1.97. The molecule has 0 spiro atoms. The Kier molecular flexibility index (Phi) is 5.78. The average molecular weight is 345 g/mol. The number of aryl methyl sites for hydroxylation is 1. The van der Waals surface area contributed by atoms with Crippen LogP contribution in [0.1, 0.15) is 18.1 Å². The fourth-order valence-corrected chi connectivity index (χ4v) is 1.90. The molecule has 0 fully saturated rings. The molecule has 130 valence electrons. The quantitative estimate of drug-likeness (QED) is 0.493. The van der Waals surface area contributed by atoms with Gasteiger partial charge in [-0.1, -0.05) is 23.4 Å². The first kappa shape index (κ1) is 18.1. The molecule has 8 heteroatoms. The fraction of sp³-hybridized carbons (Fsp3) is 0.176. The number of nitrogens with one attached hydrogen (secondary N) is 1. The summed E-state index contributed by atoms with van der Waals surface area (Å²) in [5.74, 6) is -0.955. The lowest BCUT2D eigenvalue weighted by molar-refractivity contribution is -0.385. The molecule has 0 aliphatic heterocycles. The van der Waals surface area contributed by atoms with E-state index in [1.807, 2.05) is 0 Å². The number of nitro groups is 1. The number of nitrogens with zero attached hydrogens (tertiary/aromatic N) is 2. The van der Waals surface area contributed by atoms with Crippen LogP contribution in [0.5, 0.6) is 0 Å². The van der Waals surface area contributed by atoms with Gasteiger partial charge in [-0.05, 0) is 37.6 Å². The Morgan fingerprint density at radius 2 is 2.08 bits per heavy atom. The number of hydrogen-bond donors (Lipinski definition) is 1. The minimum Gasteiger partial charge on any atom is -0.383 e. The van der Waals surface area contributed by atoms with Crippen LogP contribution in [0, 0.1) is 22.9 Å². The second-order valence-corrected chi connectivity index (χ2v) is 5.25. The van der Waals surface area contributed by atoms with Crippen molar-refractivity contribution in [1.29, 1.82) is 0 Å². The normalized spacial score (nSPS) is 12.0. The summed E-state index contributed by atoms with van der Waals surface area (Å²) < 4.78 is 13.5. The van der Waals surface area contributed by atoms with E-state index in [4.69, 9.17) is 4.84 Å². The number of amides is 1. The van der Waals surface area contributed by atoms with Crippen molar-refractivity contribution in [3.8, 4) is 0 Å². The topological polar surface area (TPSA) is 93.8 Å². The van der Waals surface area contributed by atoms with Crippen molar-refractivity contribution in [3.05, 3.63) is 69.5 Å². The minimum atomic E-state index is -0.969. The number of rotatable bonds is 6. The molecule has 2 rings (SSSR count). The maximum Gasteiger partial charge on any atom is 0.278 e. The van der Waals surface area contributed by atoms with Gasteiger partial charge in [-0.2, -0.15) is 0 Å². The number of carbonyl (C=O) groups is 1. The van der Waals surface area contributed by atoms with Crippen molar-refractivity contribution in [2.75, 3.05) is 5.32 Å². The Bertz CT molecular complexity index is 823. The minimum absolute atomic E-state index is 0.123. The third-order valence-electron chi connectivity index (χ3n) is 3.35. The highest BCUT2D eigenvalue weighted by molar-refractivity contribution is 5.94. The summed E-state index contributed by atoms with van der Waals surface area (Å²) >= 11 is 0. The molecule has 0 radical (unpaired) electrons. The predicted molar refractivity (Wildman–Crippen MR) is 91.0 cm³/mol. The maximum absolute atomic E-state index is 13.5. The van der Waals surface area contributed by atoms with Gasteiger partial charge in [0, 0.05) is 11.8 Å². The third kappa shape index (κ3) is 4.84. The van der Waals surface area contributed by atoms with E-state index in [-0.39, 0.29) is 11.3 Å². The van der Waals surface area contributed by atoms with E-state index in [1.165, 1.54) is 31.2 Å². The van der Waals surface area contributed by atoms with Crippen LogP contribution in [-0.2, 0) is 9.63 Å². The van der Waals surface area contributed by atoms with Crippen LogP contribution >= 0.6 is 0 Å². The van der Waals surface area contributed by atoms with Crippen LogP contribution in [-0.4, -0.2) is 23.1 Å². The zero-order valence-corrected chi connectivity index (χ0v) is 13.6. The average Bonchev–Trinajstić information content (AvgIpc) is 2.58. The first-order valence-electron chi connectivity index (χ1n) is 7.38. The maximum atomic E-state index is 13.5. The van der Waals surface area contributed by atoms with E-state index < -0.39 is 22.8 Å². The molecule has 2 aromatic carbocycles. The van der Waals surface area contributed by atoms with Gasteiger partial charge in [0.05, 0.1) is 16.7 Å². The highest BCUT2D eigenvalue weighted by Crippen LogP contribution is 2.16. The Morgan fingerprint density at radius 1 is 1.36 bits per heavy atom. The molecule has 1 atom stereocenters. The summed E-state index contributed by atoms with van der Waals surface area (Å²) in [7, 11) is 0. The molecule has 1 unspecified atom stereocenters. The highest BCUT2D eigenvalue weighted by atomic mass is 19.1. The Labute approximate surface area is 143 Å². The number of oxime groups is 1. The molecule has 0 saturated heterocycles. The van der Waals surface area contributed by atoms with E-state index in [0.29, 0.717) is 11.3 Å². The van der Waals surface area contributed by atoms with Crippen LogP contribution < -0.4 is 5.32 Å². The predicted octanol–water partition coefficient (Wildman–Crippen LogP) is 3.42. The van der Waals surface area contributed by atoms with E-state index in [1.54, 1.807) is 25.1 Å². The second kappa shape index (κ2) is 8.00. The molecule has 0 aliphatic carbocycles. The number of nitro benzene ring substituents is 1. The lowest BCUT2D eigenvalue weighted by atomic mass is 10.2. The molecular weight excluding hydrogens is 329 g/mol. The van der Waals surface area contributed by atoms with Crippen LogP contribution in [0.25, 0.3) is 0 Å². The van der Waals surface area contributed by atoms with E-state index in [9.17, 15) is 19.3 Å². The van der Waals surface area contributed by atoms with Crippen LogP contribution in [0.2, 0.25) is 0 Å². The van der Waals surface area contributed by atoms with Crippen LogP contribution in [0.15, 0.2) is 47.6 Å². The van der Waals surface area contributed by atoms with Crippen LogP contribution in [0.4, 0.5) is 15.8 Å². The molecule has 7 nitrogen and oxygen atoms in total. The van der Waals surface area contributed by atoms with Crippen molar-refractivity contribution in [2.24, 2.45) is 5.16 Å². The zero-order valence-electron chi connectivity index (χ0n) is 13.6. The molecule has 1 amide bonds. The third-order valence-corrected chi connectivity index (χ3v) is 3.35. The summed E-state index contributed by atoms with van der Waals surface area (Å²) in [5.41, 5.74) is 0.894. The van der Waals surface area contributed by atoms with Gasteiger partial charge in [-0.15, -0.1) is 0 Å². The number of halogens is 1. The summed E-state index contributed by atoms with van der Waals surface area (Å²) in [6.07, 6.45) is 0.191. The number of hydrogen-bond acceptors (Lipinski definition) is 5. The van der Waals surface area contributed by atoms with Crippen molar-refractivity contribution >= 4 is 23.5 Å². The summed E-state index contributed by atoms with van der Waals surface area (Å²) in [6, 6.07) is 10.3. The number of benzene rings is 2. The number of para-hydroxylation sites is 1. The van der Waals surface area contributed by atoms with Gasteiger partial charge in [0.15, 0.2) is 0 Å². The van der Waals surface area contributed by atoms with Crippen molar-refractivity contribution in [2.45, 2.75) is 20.0 Å². The summed E-state index contributed by atoms with van der Waals surface area (Å²) in [6.45, 7) is 3.07.